The van der Waals surface area contributed by atoms with Crippen molar-refractivity contribution in [1.29, 1.82) is 0 Å². The standard InChI is InChI=1S/C11H16N2O/c1-7-6-13(9-3-4-9)11(14)10(5-12)8(7)2/h6,9H,3-5,12H2,1-2H3. The van der Waals surface area contributed by atoms with Crippen LogP contribution in [0.5, 0.6) is 0 Å². The van der Waals surface area contributed by atoms with E-state index in [1.165, 1.54) is 0 Å². The molecule has 1 aromatic heterocycles. The van der Waals surface area contributed by atoms with E-state index in [0.29, 0.717) is 12.6 Å². The molecule has 3 heteroatoms. The Kier molecular flexibility index (Phi) is 2.19. The molecule has 0 bridgehead atoms. The number of aromatic nitrogens is 1. The average molecular weight is 192 g/mol. The van der Waals surface area contributed by atoms with E-state index in [0.717, 1.165) is 29.5 Å². The predicted octanol–water partition coefficient (Wildman–Crippen LogP) is 1.26. The molecule has 76 valence electrons. The third kappa shape index (κ3) is 1.38. The summed E-state index contributed by atoms with van der Waals surface area (Å²) in [4.78, 5) is 11.9. The number of rotatable bonds is 2. The van der Waals surface area contributed by atoms with E-state index in [-0.39, 0.29) is 5.56 Å². The number of nitrogens with two attached hydrogens (primary N) is 1. The van der Waals surface area contributed by atoms with E-state index in [1.807, 2.05) is 24.6 Å². The van der Waals surface area contributed by atoms with E-state index >= 15 is 0 Å². The highest BCUT2D eigenvalue weighted by molar-refractivity contribution is 5.30. The summed E-state index contributed by atoms with van der Waals surface area (Å²) in [6.45, 7) is 4.35. The maximum Gasteiger partial charge on any atom is 0.255 e. The van der Waals surface area contributed by atoms with Crippen molar-refractivity contribution in [3.63, 3.8) is 0 Å². The lowest BCUT2D eigenvalue weighted by Gasteiger charge is -2.11. The van der Waals surface area contributed by atoms with Crippen molar-refractivity contribution in [3.8, 4) is 0 Å². The highest BCUT2D eigenvalue weighted by Crippen LogP contribution is 2.33. The van der Waals surface area contributed by atoms with Crippen LogP contribution in [0.15, 0.2) is 11.0 Å². The summed E-state index contributed by atoms with van der Waals surface area (Å²) in [5.74, 6) is 0. The zero-order valence-corrected chi connectivity index (χ0v) is 8.71. The molecular formula is C11H16N2O. The van der Waals surface area contributed by atoms with Gasteiger partial charge in [0.15, 0.2) is 0 Å². The van der Waals surface area contributed by atoms with Crippen molar-refractivity contribution >= 4 is 0 Å². The maximum atomic E-state index is 11.9. The molecule has 0 spiro atoms. The van der Waals surface area contributed by atoms with Gasteiger partial charge in [-0.05, 0) is 37.8 Å². The first-order valence-electron chi connectivity index (χ1n) is 5.06. The number of aryl methyl sites for hydroxylation is 1. The van der Waals surface area contributed by atoms with Gasteiger partial charge in [0, 0.05) is 24.3 Å². The average Bonchev–Trinajstić information content (AvgIpc) is 2.96. The molecular weight excluding hydrogens is 176 g/mol. The normalized spacial score (nSPS) is 15.9. The molecule has 0 saturated heterocycles. The third-order valence-electron chi connectivity index (χ3n) is 3.01. The Balaban J connectivity index is 2.63. The van der Waals surface area contributed by atoms with Crippen LogP contribution in [-0.4, -0.2) is 4.57 Å². The highest BCUT2D eigenvalue weighted by atomic mass is 16.1. The lowest BCUT2D eigenvalue weighted by Crippen LogP contribution is -2.26. The summed E-state index contributed by atoms with van der Waals surface area (Å²) < 4.78 is 1.85. The van der Waals surface area contributed by atoms with E-state index in [4.69, 9.17) is 5.73 Å². The number of nitrogens with zero attached hydrogens (tertiary/aromatic N) is 1. The van der Waals surface area contributed by atoms with Gasteiger partial charge in [0.05, 0.1) is 0 Å². The van der Waals surface area contributed by atoms with E-state index in [2.05, 4.69) is 0 Å². The van der Waals surface area contributed by atoms with Crippen molar-refractivity contribution in [2.24, 2.45) is 5.73 Å². The summed E-state index contributed by atoms with van der Waals surface area (Å²) >= 11 is 0. The smallest absolute Gasteiger partial charge is 0.255 e. The van der Waals surface area contributed by atoms with Gasteiger partial charge in [-0.3, -0.25) is 4.79 Å². The van der Waals surface area contributed by atoms with Crippen LogP contribution in [0, 0.1) is 13.8 Å². The highest BCUT2D eigenvalue weighted by Gasteiger charge is 2.25. The molecule has 3 nitrogen and oxygen atoms in total. The summed E-state index contributed by atoms with van der Waals surface area (Å²) in [6, 6.07) is 0.437. The van der Waals surface area contributed by atoms with Gasteiger partial charge in [-0.15, -0.1) is 0 Å². The van der Waals surface area contributed by atoms with Crippen LogP contribution in [0.4, 0.5) is 0 Å². The lowest BCUT2D eigenvalue weighted by molar-refractivity contribution is 0.688. The van der Waals surface area contributed by atoms with Crippen LogP contribution >= 0.6 is 0 Å². The molecule has 1 aromatic rings. The molecule has 2 N–H and O–H groups in total. The molecule has 0 aromatic carbocycles. The van der Waals surface area contributed by atoms with Gasteiger partial charge < -0.3 is 10.3 Å². The van der Waals surface area contributed by atoms with Crippen LogP contribution < -0.4 is 11.3 Å². The Morgan fingerprint density at radius 3 is 2.64 bits per heavy atom. The van der Waals surface area contributed by atoms with Gasteiger partial charge in [-0.2, -0.15) is 0 Å². The molecule has 0 radical (unpaired) electrons. The van der Waals surface area contributed by atoms with Crippen molar-refractivity contribution in [1.82, 2.24) is 4.57 Å². The zero-order chi connectivity index (χ0) is 10.3. The van der Waals surface area contributed by atoms with E-state index < -0.39 is 0 Å². The summed E-state index contributed by atoms with van der Waals surface area (Å²) in [6.07, 6.45) is 4.23. The van der Waals surface area contributed by atoms with Crippen LogP contribution in [0.2, 0.25) is 0 Å². The molecule has 0 unspecified atom stereocenters. The molecule has 1 saturated carbocycles. The fourth-order valence-electron chi connectivity index (χ4n) is 1.78. The first kappa shape index (κ1) is 9.46. The molecule has 0 amide bonds. The molecule has 14 heavy (non-hydrogen) atoms. The minimum Gasteiger partial charge on any atom is -0.326 e. The Bertz CT molecular complexity index is 416. The van der Waals surface area contributed by atoms with Gasteiger partial charge in [0.2, 0.25) is 0 Å². The SMILES string of the molecule is Cc1cn(C2CC2)c(=O)c(CN)c1C. The van der Waals surface area contributed by atoms with Crippen LogP contribution in [-0.2, 0) is 6.54 Å². The predicted molar refractivity (Wildman–Crippen MR) is 56.3 cm³/mol. The first-order valence-corrected chi connectivity index (χ1v) is 5.06. The Morgan fingerprint density at radius 2 is 2.14 bits per heavy atom. The fourth-order valence-corrected chi connectivity index (χ4v) is 1.78. The van der Waals surface area contributed by atoms with E-state index in [1.54, 1.807) is 0 Å². The molecule has 1 heterocycles. The number of hydrogen-bond donors (Lipinski definition) is 1. The van der Waals surface area contributed by atoms with Gasteiger partial charge in [0.25, 0.3) is 5.56 Å². The number of pyridine rings is 1. The van der Waals surface area contributed by atoms with Crippen molar-refractivity contribution in [2.75, 3.05) is 0 Å². The van der Waals surface area contributed by atoms with Crippen LogP contribution in [0.3, 0.4) is 0 Å². The number of hydrogen-bond acceptors (Lipinski definition) is 2. The van der Waals surface area contributed by atoms with Gasteiger partial charge in [-0.25, -0.2) is 0 Å². The first-order chi connectivity index (χ1) is 6.65. The van der Waals surface area contributed by atoms with Gasteiger partial charge in [0.1, 0.15) is 0 Å². The fraction of sp³-hybridized carbons (Fsp3) is 0.545. The Hall–Kier alpha value is -1.09. The summed E-state index contributed by atoms with van der Waals surface area (Å²) in [5, 5.41) is 0. The second kappa shape index (κ2) is 3.24. The lowest BCUT2D eigenvalue weighted by atomic mass is 10.1. The molecule has 0 aliphatic heterocycles. The van der Waals surface area contributed by atoms with Crippen molar-refractivity contribution in [2.45, 2.75) is 39.3 Å². The Labute approximate surface area is 83.5 Å². The minimum absolute atomic E-state index is 0.109. The largest absolute Gasteiger partial charge is 0.326 e. The van der Waals surface area contributed by atoms with Crippen molar-refractivity contribution in [3.05, 3.63) is 33.2 Å². The topological polar surface area (TPSA) is 48.0 Å². The van der Waals surface area contributed by atoms with Crippen LogP contribution in [0.1, 0.15) is 35.6 Å². The summed E-state index contributed by atoms with van der Waals surface area (Å²) in [5.41, 5.74) is 8.69. The summed E-state index contributed by atoms with van der Waals surface area (Å²) in [7, 11) is 0. The molecule has 2 rings (SSSR count). The van der Waals surface area contributed by atoms with Crippen LogP contribution in [0.25, 0.3) is 0 Å². The maximum absolute atomic E-state index is 11.9. The molecule has 1 fully saturated rings. The second-order valence-electron chi connectivity index (χ2n) is 4.06. The zero-order valence-electron chi connectivity index (χ0n) is 8.71. The van der Waals surface area contributed by atoms with Gasteiger partial charge >= 0.3 is 0 Å². The monoisotopic (exact) mass is 192 g/mol. The third-order valence-corrected chi connectivity index (χ3v) is 3.01. The Morgan fingerprint density at radius 1 is 1.50 bits per heavy atom. The molecule has 1 aliphatic rings. The van der Waals surface area contributed by atoms with Gasteiger partial charge in [-0.1, -0.05) is 0 Å². The van der Waals surface area contributed by atoms with Crippen molar-refractivity contribution < 1.29 is 0 Å². The quantitative estimate of drug-likeness (QED) is 0.766. The second-order valence-corrected chi connectivity index (χ2v) is 4.06. The van der Waals surface area contributed by atoms with E-state index in [9.17, 15) is 4.79 Å². The molecule has 0 atom stereocenters. The minimum atomic E-state index is 0.109. The molecule has 1 aliphatic carbocycles.